The van der Waals surface area contributed by atoms with E-state index in [-0.39, 0.29) is 11.5 Å². The molecule has 0 aromatic heterocycles. The van der Waals surface area contributed by atoms with E-state index in [2.05, 4.69) is 20.7 Å². The predicted octanol–water partition coefficient (Wildman–Crippen LogP) is 3.25. The third kappa shape index (κ3) is 3.42. The van der Waals surface area contributed by atoms with Crippen LogP contribution in [0.2, 0.25) is 5.02 Å². The smallest absolute Gasteiger partial charge is 0.371 e. The Morgan fingerprint density at radius 2 is 1.83 bits per heavy atom. The van der Waals surface area contributed by atoms with E-state index in [1.165, 1.54) is 0 Å². The molecule has 0 spiro atoms. The Morgan fingerprint density at radius 1 is 1.17 bits per heavy atom. The van der Waals surface area contributed by atoms with E-state index in [9.17, 15) is 13.2 Å². The first-order valence-corrected chi connectivity index (χ1v) is 9.32. The summed E-state index contributed by atoms with van der Waals surface area (Å²) in [5.41, 5.74) is 1.02. The van der Waals surface area contributed by atoms with Crippen molar-refractivity contribution in [3.8, 4) is 5.75 Å². The first kappa shape index (κ1) is 16.4. The number of nitrogens with one attached hydrogen (secondary N) is 1. The number of alkyl halides is 1. The Morgan fingerprint density at radius 3 is 2.52 bits per heavy atom. The van der Waals surface area contributed by atoms with Crippen molar-refractivity contribution >= 4 is 43.6 Å². The maximum Gasteiger partial charge on any atom is 0.383 e. The highest BCUT2D eigenvalue weighted by atomic mass is 79.9. The summed E-state index contributed by atoms with van der Waals surface area (Å²) in [6, 6.07) is 12.3. The van der Waals surface area contributed by atoms with Gasteiger partial charge in [-0.05, 0) is 30.3 Å². The summed E-state index contributed by atoms with van der Waals surface area (Å²) in [7, 11) is -3.97. The van der Waals surface area contributed by atoms with Crippen LogP contribution in [0, 0.1) is 0 Å². The van der Waals surface area contributed by atoms with E-state index < -0.39 is 21.2 Å². The molecule has 0 aliphatic carbocycles. The fraction of sp³-hybridized carbons (Fsp3) is 0.133. The van der Waals surface area contributed by atoms with E-state index >= 15 is 0 Å². The van der Waals surface area contributed by atoms with E-state index in [0.29, 0.717) is 16.1 Å². The van der Waals surface area contributed by atoms with Crippen LogP contribution in [0.5, 0.6) is 5.75 Å². The van der Waals surface area contributed by atoms with Crippen molar-refractivity contribution in [1.82, 2.24) is 4.72 Å². The highest BCUT2D eigenvalue weighted by molar-refractivity contribution is 9.10. The summed E-state index contributed by atoms with van der Waals surface area (Å²) in [4.78, 5) is 11.8. The first-order valence-electron chi connectivity index (χ1n) is 6.62. The predicted molar refractivity (Wildman–Crippen MR) is 90.4 cm³/mol. The van der Waals surface area contributed by atoms with Crippen LogP contribution in [0.3, 0.4) is 0 Å². The molecule has 0 saturated carbocycles. The molecule has 8 heteroatoms. The molecule has 0 saturated heterocycles. The number of halogens is 2. The number of hydrogen-bond acceptors (Lipinski definition) is 4. The molecule has 1 heterocycles. The summed E-state index contributed by atoms with van der Waals surface area (Å²) < 4.78 is 31.0. The van der Waals surface area contributed by atoms with Gasteiger partial charge in [-0.15, -0.1) is 0 Å². The molecule has 2 aromatic rings. The van der Waals surface area contributed by atoms with Crippen molar-refractivity contribution in [2.24, 2.45) is 0 Å². The highest BCUT2D eigenvalue weighted by Gasteiger charge is 2.37. The minimum Gasteiger partial charge on any atom is -0.371 e. The lowest BCUT2D eigenvalue weighted by Crippen LogP contribution is -2.42. The Kier molecular flexibility index (Phi) is 4.46. The molecule has 0 radical (unpaired) electrons. The number of benzene rings is 2. The molecule has 23 heavy (non-hydrogen) atoms. The van der Waals surface area contributed by atoms with Gasteiger partial charge in [0.25, 0.3) is 0 Å². The molecular formula is C15H11BrClNO4S. The third-order valence-electron chi connectivity index (χ3n) is 3.40. The van der Waals surface area contributed by atoms with Gasteiger partial charge in [0, 0.05) is 16.1 Å². The number of carbonyl (C=O) groups is 1. The molecule has 0 unspecified atom stereocenters. The lowest BCUT2D eigenvalue weighted by Gasteiger charge is -2.28. The van der Waals surface area contributed by atoms with Gasteiger partial charge in [-0.3, -0.25) is 4.79 Å². The van der Waals surface area contributed by atoms with Gasteiger partial charge in [0.2, 0.25) is 0 Å². The zero-order chi connectivity index (χ0) is 16.6. The Balaban J connectivity index is 1.97. The normalized spacial score (nSPS) is 20.2. The number of fused-ring (bicyclic) bond motifs is 1. The van der Waals surface area contributed by atoms with Crippen LogP contribution in [0.1, 0.15) is 22.0 Å². The number of carbonyl (C=O) groups excluding carboxylic acids is 1. The molecule has 1 N–H and O–H groups in total. The molecule has 120 valence electrons. The lowest BCUT2D eigenvalue weighted by molar-refractivity contribution is 0.0981. The van der Waals surface area contributed by atoms with Crippen molar-refractivity contribution in [2.45, 2.75) is 10.9 Å². The van der Waals surface area contributed by atoms with Crippen molar-refractivity contribution in [2.75, 3.05) is 0 Å². The topological polar surface area (TPSA) is 72.5 Å². The van der Waals surface area contributed by atoms with Crippen LogP contribution >= 0.6 is 27.5 Å². The molecule has 0 amide bonds. The van der Waals surface area contributed by atoms with Gasteiger partial charge in [-0.1, -0.05) is 45.7 Å². The largest absolute Gasteiger partial charge is 0.383 e. The Hall–Kier alpha value is -1.41. The lowest BCUT2D eigenvalue weighted by atomic mass is 9.98. The molecule has 0 fully saturated rings. The van der Waals surface area contributed by atoms with Crippen molar-refractivity contribution in [1.29, 1.82) is 0 Å². The summed E-state index contributed by atoms with van der Waals surface area (Å²) in [6.07, 6.45) is 0. The van der Waals surface area contributed by atoms with Gasteiger partial charge in [0.05, 0.1) is 10.9 Å². The number of ketones is 1. The number of Topliss-reactive ketones (excluding diaryl/α,β-unsaturated/α-hetero) is 1. The number of rotatable bonds is 3. The quantitative estimate of drug-likeness (QED) is 0.616. The van der Waals surface area contributed by atoms with Crippen LogP contribution < -0.4 is 8.91 Å². The fourth-order valence-electron chi connectivity index (χ4n) is 2.32. The van der Waals surface area contributed by atoms with Crippen LogP contribution in [0.25, 0.3) is 0 Å². The molecule has 1 aliphatic rings. The van der Waals surface area contributed by atoms with Crippen molar-refractivity contribution < 1.29 is 17.4 Å². The average molecular weight is 417 g/mol. The average Bonchev–Trinajstić information content (AvgIpc) is 2.52. The highest BCUT2D eigenvalue weighted by Crippen LogP contribution is 2.36. The zero-order valence-electron chi connectivity index (χ0n) is 11.6. The minimum atomic E-state index is -3.97. The monoisotopic (exact) mass is 415 g/mol. The van der Waals surface area contributed by atoms with Gasteiger partial charge in [-0.2, -0.15) is 13.1 Å². The van der Waals surface area contributed by atoms with E-state index in [0.717, 1.165) is 0 Å². The summed E-state index contributed by atoms with van der Waals surface area (Å²) in [6.45, 7) is 0. The van der Waals surface area contributed by atoms with Crippen LogP contribution in [-0.2, 0) is 10.3 Å². The summed E-state index contributed by atoms with van der Waals surface area (Å²) in [5.74, 6) is -0.0457. The van der Waals surface area contributed by atoms with Gasteiger partial charge in [0.15, 0.2) is 5.78 Å². The molecule has 0 bridgehead atoms. The van der Waals surface area contributed by atoms with Crippen LogP contribution in [0.4, 0.5) is 0 Å². The van der Waals surface area contributed by atoms with Gasteiger partial charge in [0.1, 0.15) is 5.75 Å². The van der Waals surface area contributed by atoms with Crippen LogP contribution in [0.15, 0.2) is 48.5 Å². The summed E-state index contributed by atoms with van der Waals surface area (Å²) in [5, 5.41) is 0.518. The van der Waals surface area contributed by atoms with Gasteiger partial charge >= 0.3 is 10.3 Å². The van der Waals surface area contributed by atoms with E-state index in [1.807, 2.05) is 0 Å². The molecular weight excluding hydrogens is 406 g/mol. The van der Waals surface area contributed by atoms with Gasteiger partial charge < -0.3 is 4.18 Å². The third-order valence-corrected chi connectivity index (χ3v) is 5.53. The number of hydrogen-bond donors (Lipinski definition) is 1. The Bertz CT molecular complexity index is 854. The molecule has 5 nitrogen and oxygen atoms in total. The van der Waals surface area contributed by atoms with Gasteiger partial charge in [-0.25, -0.2) is 0 Å². The maximum absolute atomic E-state index is 12.6. The number of para-hydroxylation sites is 1. The zero-order valence-corrected chi connectivity index (χ0v) is 14.7. The second-order valence-electron chi connectivity index (χ2n) is 4.94. The minimum absolute atomic E-state index is 0.213. The Labute approximate surface area is 147 Å². The molecule has 1 aliphatic heterocycles. The second kappa shape index (κ2) is 6.24. The van der Waals surface area contributed by atoms with Crippen LogP contribution in [-0.4, -0.2) is 19.0 Å². The summed E-state index contributed by atoms with van der Waals surface area (Å²) >= 11 is 9.13. The standard InChI is InChI=1S/C15H11BrClNO4S/c16-13(15(19)9-5-7-10(17)8-6-9)14-11-3-1-2-4-12(11)22-23(20,21)18-14/h1-8,13-14,18H/t13-,14+/m0/s1. The van der Waals surface area contributed by atoms with Crippen molar-refractivity contribution in [3.05, 3.63) is 64.7 Å². The van der Waals surface area contributed by atoms with E-state index in [4.69, 9.17) is 15.8 Å². The first-order chi connectivity index (χ1) is 10.9. The second-order valence-corrected chi connectivity index (χ2v) is 7.68. The molecule has 2 aromatic carbocycles. The maximum atomic E-state index is 12.6. The van der Waals surface area contributed by atoms with Crippen molar-refractivity contribution in [3.63, 3.8) is 0 Å². The molecule has 3 rings (SSSR count). The molecule has 2 atom stereocenters. The SMILES string of the molecule is O=C(c1ccc(Cl)cc1)[C@@H](Br)[C@@H]1NS(=O)(=O)Oc2ccccc21. The van der Waals surface area contributed by atoms with E-state index in [1.54, 1.807) is 48.5 Å². The fourth-order valence-corrected chi connectivity index (χ4v) is 4.31.